The number of likely N-dealkylation sites (tertiary alicyclic amines) is 1. The fraction of sp³-hybridized carbons (Fsp3) is 1.00. The molecule has 2 atom stereocenters. The maximum absolute atomic E-state index is 5.60. The molecule has 0 radical (unpaired) electrons. The first-order valence-corrected chi connectivity index (χ1v) is 9.16. The molecular formula is C20H41NO. The van der Waals surface area contributed by atoms with Crippen molar-refractivity contribution in [3.63, 3.8) is 0 Å². The summed E-state index contributed by atoms with van der Waals surface area (Å²) in [6.45, 7) is 22.7. The Morgan fingerprint density at radius 2 is 1.68 bits per heavy atom. The van der Waals surface area contributed by atoms with Crippen molar-refractivity contribution in [2.24, 2.45) is 22.7 Å². The van der Waals surface area contributed by atoms with Gasteiger partial charge in [0.1, 0.15) is 0 Å². The molecule has 2 unspecified atom stereocenters. The van der Waals surface area contributed by atoms with Crippen LogP contribution < -0.4 is 0 Å². The molecule has 2 nitrogen and oxygen atoms in total. The van der Waals surface area contributed by atoms with Crippen molar-refractivity contribution < 1.29 is 4.74 Å². The fourth-order valence-electron chi connectivity index (χ4n) is 3.85. The van der Waals surface area contributed by atoms with Crippen molar-refractivity contribution >= 4 is 0 Å². The zero-order chi connectivity index (χ0) is 17.2. The van der Waals surface area contributed by atoms with Gasteiger partial charge in [-0.15, -0.1) is 0 Å². The van der Waals surface area contributed by atoms with E-state index in [-0.39, 0.29) is 5.60 Å². The SMILES string of the molecule is COC(C)(C)CC(C)CN1CCCC(C(C)(C)C(C)(C)C)C1. The van der Waals surface area contributed by atoms with Crippen molar-refractivity contribution in [2.45, 2.75) is 80.3 Å². The molecule has 0 aromatic rings. The lowest BCUT2D eigenvalue weighted by Gasteiger charge is -2.49. The van der Waals surface area contributed by atoms with Crippen LogP contribution in [0.3, 0.4) is 0 Å². The van der Waals surface area contributed by atoms with Crippen LogP contribution in [-0.4, -0.2) is 37.2 Å². The topological polar surface area (TPSA) is 12.5 Å². The Labute approximate surface area is 140 Å². The van der Waals surface area contributed by atoms with Crippen LogP contribution in [0, 0.1) is 22.7 Å². The summed E-state index contributed by atoms with van der Waals surface area (Å²) >= 11 is 0. The van der Waals surface area contributed by atoms with E-state index in [4.69, 9.17) is 4.74 Å². The van der Waals surface area contributed by atoms with E-state index in [2.05, 4.69) is 60.3 Å². The van der Waals surface area contributed by atoms with Gasteiger partial charge in [-0.2, -0.15) is 0 Å². The summed E-state index contributed by atoms with van der Waals surface area (Å²) in [7, 11) is 1.83. The lowest BCUT2D eigenvalue weighted by atomic mass is 9.60. The fourth-order valence-corrected chi connectivity index (χ4v) is 3.85. The second kappa shape index (κ2) is 7.21. The Kier molecular flexibility index (Phi) is 6.55. The highest BCUT2D eigenvalue weighted by Crippen LogP contribution is 2.47. The van der Waals surface area contributed by atoms with Crippen molar-refractivity contribution in [2.75, 3.05) is 26.7 Å². The van der Waals surface area contributed by atoms with Crippen LogP contribution in [0.2, 0.25) is 0 Å². The minimum absolute atomic E-state index is 0.000709. The molecule has 1 saturated heterocycles. The van der Waals surface area contributed by atoms with Gasteiger partial charge in [-0.25, -0.2) is 0 Å². The van der Waals surface area contributed by atoms with Crippen LogP contribution in [0.25, 0.3) is 0 Å². The third kappa shape index (κ3) is 5.23. The Hall–Kier alpha value is -0.0800. The Balaban J connectivity index is 2.61. The van der Waals surface area contributed by atoms with Gasteiger partial charge in [0.2, 0.25) is 0 Å². The standard InChI is InChI=1S/C20H41NO/c1-16(13-19(5,6)22-9)14-21-12-10-11-17(15-21)20(7,8)18(2,3)4/h16-17H,10-15H2,1-9H3. The number of nitrogens with zero attached hydrogens (tertiary/aromatic N) is 1. The summed E-state index contributed by atoms with van der Waals surface area (Å²) in [5, 5.41) is 0. The number of rotatable bonds is 6. The van der Waals surface area contributed by atoms with Crippen molar-refractivity contribution in [1.82, 2.24) is 4.90 Å². The molecule has 0 bridgehead atoms. The number of hydrogen-bond acceptors (Lipinski definition) is 2. The molecule has 0 spiro atoms. The average molecular weight is 312 g/mol. The predicted octanol–water partition coefficient (Wildman–Crippen LogP) is 5.22. The van der Waals surface area contributed by atoms with Gasteiger partial charge in [0.05, 0.1) is 5.60 Å². The van der Waals surface area contributed by atoms with Gasteiger partial charge in [0, 0.05) is 20.2 Å². The van der Waals surface area contributed by atoms with Gasteiger partial charge < -0.3 is 9.64 Å². The van der Waals surface area contributed by atoms with Gasteiger partial charge in [0.15, 0.2) is 0 Å². The molecule has 0 aromatic heterocycles. The van der Waals surface area contributed by atoms with Crippen molar-refractivity contribution in [3.8, 4) is 0 Å². The van der Waals surface area contributed by atoms with E-state index in [9.17, 15) is 0 Å². The zero-order valence-electron chi connectivity index (χ0n) is 16.8. The van der Waals surface area contributed by atoms with E-state index >= 15 is 0 Å². The predicted molar refractivity (Wildman–Crippen MR) is 97.3 cm³/mol. The third-order valence-corrected chi connectivity index (χ3v) is 6.42. The molecule has 132 valence electrons. The van der Waals surface area contributed by atoms with Crippen LogP contribution in [0.5, 0.6) is 0 Å². The summed E-state index contributed by atoms with van der Waals surface area (Å²) in [6.07, 6.45) is 3.87. The second-order valence-electron chi connectivity index (χ2n) is 9.84. The van der Waals surface area contributed by atoms with Gasteiger partial charge in [-0.1, -0.05) is 41.5 Å². The van der Waals surface area contributed by atoms with Crippen LogP contribution in [0.4, 0.5) is 0 Å². The Morgan fingerprint density at radius 1 is 1.09 bits per heavy atom. The number of ether oxygens (including phenoxy) is 1. The van der Waals surface area contributed by atoms with Crippen LogP contribution in [0.1, 0.15) is 74.7 Å². The van der Waals surface area contributed by atoms with E-state index in [0.717, 1.165) is 12.3 Å². The first-order chi connectivity index (χ1) is 9.89. The number of hydrogen-bond donors (Lipinski definition) is 0. The maximum atomic E-state index is 5.60. The zero-order valence-corrected chi connectivity index (χ0v) is 16.8. The third-order valence-electron chi connectivity index (χ3n) is 6.42. The molecule has 1 heterocycles. The lowest BCUT2D eigenvalue weighted by molar-refractivity contribution is -0.0145. The van der Waals surface area contributed by atoms with E-state index in [1.807, 2.05) is 7.11 Å². The molecule has 1 fully saturated rings. The largest absolute Gasteiger partial charge is 0.379 e. The Morgan fingerprint density at radius 3 is 2.18 bits per heavy atom. The molecule has 22 heavy (non-hydrogen) atoms. The summed E-state index contributed by atoms with van der Waals surface area (Å²) < 4.78 is 5.60. The van der Waals surface area contributed by atoms with Crippen molar-refractivity contribution in [1.29, 1.82) is 0 Å². The van der Waals surface area contributed by atoms with Gasteiger partial charge in [-0.3, -0.25) is 0 Å². The molecule has 0 saturated carbocycles. The van der Waals surface area contributed by atoms with Crippen molar-refractivity contribution in [3.05, 3.63) is 0 Å². The van der Waals surface area contributed by atoms with E-state index in [1.165, 1.54) is 32.5 Å². The second-order valence-corrected chi connectivity index (χ2v) is 9.84. The smallest absolute Gasteiger partial charge is 0.0625 e. The highest BCUT2D eigenvalue weighted by Gasteiger charge is 2.41. The van der Waals surface area contributed by atoms with E-state index in [0.29, 0.717) is 16.7 Å². The molecular weight excluding hydrogens is 270 g/mol. The highest BCUT2D eigenvalue weighted by molar-refractivity contribution is 4.92. The normalized spacial score (nSPS) is 23.6. The minimum Gasteiger partial charge on any atom is -0.379 e. The number of piperidine rings is 1. The molecule has 0 N–H and O–H groups in total. The molecule has 1 aliphatic rings. The number of methoxy groups -OCH3 is 1. The van der Waals surface area contributed by atoms with E-state index < -0.39 is 0 Å². The molecule has 0 aromatic carbocycles. The summed E-state index contributed by atoms with van der Waals surface area (Å²) in [4.78, 5) is 2.71. The molecule has 1 rings (SSSR count). The molecule has 0 amide bonds. The molecule has 2 heteroatoms. The maximum Gasteiger partial charge on any atom is 0.0625 e. The molecule has 1 aliphatic heterocycles. The van der Waals surface area contributed by atoms with E-state index in [1.54, 1.807) is 0 Å². The first-order valence-electron chi connectivity index (χ1n) is 9.16. The minimum atomic E-state index is -0.000709. The molecule has 0 aliphatic carbocycles. The highest BCUT2D eigenvalue weighted by atomic mass is 16.5. The lowest BCUT2D eigenvalue weighted by Crippen LogP contribution is -2.47. The monoisotopic (exact) mass is 311 g/mol. The average Bonchev–Trinajstić information content (AvgIpc) is 2.37. The van der Waals surface area contributed by atoms with Gasteiger partial charge in [-0.05, 0) is 62.3 Å². The first kappa shape index (κ1) is 20.0. The summed E-state index contributed by atoms with van der Waals surface area (Å²) in [6, 6.07) is 0. The van der Waals surface area contributed by atoms with Crippen LogP contribution >= 0.6 is 0 Å². The summed E-state index contributed by atoms with van der Waals surface area (Å²) in [5.74, 6) is 1.50. The van der Waals surface area contributed by atoms with Gasteiger partial charge >= 0.3 is 0 Å². The summed E-state index contributed by atoms with van der Waals surface area (Å²) in [5.41, 5.74) is 0.754. The Bertz CT molecular complexity index is 340. The van der Waals surface area contributed by atoms with Crippen LogP contribution in [0.15, 0.2) is 0 Å². The van der Waals surface area contributed by atoms with Crippen LogP contribution in [-0.2, 0) is 4.74 Å². The quantitative estimate of drug-likeness (QED) is 0.666. The van der Waals surface area contributed by atoms with Gasteiger partial charge in [0.25, 0.3) is 0 Å².